The van der Waals surface area contributed by atoms with Crippen LogP contribution in [0.2, 0.25) is 0 Å². The van der Waals surface area contributed by atoms with Crippen LogP contribution in [-0.4, -0.2) is 53.3 Å². The summed E-state index contributed by atoms with van der Waals surface area (Å²) in [6.45, 7) is 2.44. The van der Waals surface area contributed by atoms with E-state index in [4.69, 9.17) is 19.9 Å². The van der Waals surface area contributed by atoms with Crippen molar-refractivity contribution in [3.63, 3.8) is 0 Å². The third kappa shape index (κ3) is 4.65. The summed E-state index contributed by atoms with van der Waals surface area (Å²) in [5, 5.41) is 13.6. The Bertz CT molecular complexity index is 605. The first-order valence-corrected chi connectivity index (χ1v) is 7.47. The first kappa shape index (κ1) is 17.7. The molecule has 0 spiro atoms. The summed E-state index contributed by atoms with van der Waals surface area (Å²) in [6.07, 6.45) is 1.74. The van der Waals surface area contributed by atoms with Crippen molar-refractivity contribution < 1.29 is 23.9 Å². The molecule has 1 unspecified atom stereocenters. The number of carbonyl (C=O) groups is 1. The maximum absolute atomic E-state index is 11.4. The van der Waals surface area contributed by atoms with E-state index in [0.717, 1.165) is 12.8 Å². The van der Waals surface area contributed by atoms with Gasteiger partial charge in [-0.15, -0.1) is 0 Å². The molecule has 1 saturated heterocycles. The van der Waals surface area contributed by atoms with Crippen molar-refractivity contribution >= 4 is 23.3 Å². The van der Waals surface area contributed by atoms with Crippen LogP contribution in [0.4, 0.5) is 17.3 Å². The highest BCUT2D eigenvalue weighted by molar-refractivity contribution is 5.77. The van der Waals surface area contributed by atoms with Crippen LogP contribution in [0.1, 0.15) is 19.8 Å². The van der Waals surface area contributed by atoms with Crippen molar-refractivity contribution in [3.05, 3.63) is 10.1 Å². The third-order valence-electron chi connectivity index (χ3n) is 3.20. The molecule has 2 heterocycles. The number of hydrogen-bond donors (Lipinski definition) is 2. The zero-order chi connectivity index (χ0) is 17.5. The predicted molar refractivity (Wildman–Crippen MR) is 82.7 cm³/mol. The topological polar surface area (TPSA) is 152 Å². The molecular formula is C13H19N5O6. The highest BCUT2D eigenvalue weighted by Gasteiger charge is 2.25. The molecule has 0 aromatic carbocycles. The van der Waals surface area contributed by atoms with Crippen LogP contribution in [0, 0.1) is 10.1 Å². The summed E-state index contributed by atoms with van der Waals surface area (Å²) in [5.41, 5.74) is 5.09. The Hall–Kier alpha value is -2.69. The van der Waals surface area contributed by atoms with Gasteiger partial charge in [0.1, 0.15) is 13.2 Å². The quantitative estimate of drug-likeness (QED) is 0.388. The second kappa shape index (κ2) is 8.24. The molecule has 1 aliphatic rings. The lowest BCUT2D eigenvalue weighted by molar-refractivity contribution is -0.383. The Morgan fingerprint density at radius 1 is 1.54 bits per heavy atom. The average Bonchev–Trinajstić information content (AvgIpc) is 3.04. The zero-order valence-electron chi connectivity index (χ0n) is 13.2. The number of esters is 1. The van der Waals surface area contributed by atoms with Crippen LogP contribution in [0.15, 0.2) is 0 Å². The monoisotopic (exact) mass is 341 g/mol. The molecule has 11 nitrogen and oxygen atoms in total. The van der Waals surface area contributed by atoms with Gasteiger partial charge in [0.05, 0.1) is 17.6 Å². The molecule has 0 radical (unpaired) electrons. The van der Waals surface area contributed by atoms with Gasteiger partial charge < -0.3 is 25.3 Å². The smallest absolute Gasteiger partial charge is 0.353 e. The number of nitrogens with one attached hydrogen (secondary N) is 1. The molecule has 132 valence electrons. The van der Waals surface area contributed by atoms with E-state index >= 15 is 0 Å². The summed E-state index contributed by atoms with van der Waals surface area (Å²) < 4.78 is 15.5. The number of hydrogen-bond acceptors (Lipinski definition) is 10. The van der Waals surface area contributed by atoms with Crippen molar-refractivity contribution in [3.8, 4) is 6.01 Å². The van der Waals surface area contributed by atoms with Gasteiger partial charge in [-0.25, -0.2) is 0 Å². The molecule has 1 aliphatic heterocycles. The van der Waals surface area contributed by atoms with Gasteiger partial charge in [-0.2, -0.15) is 9.97 Å². The lowest BCUT2D eigenvalue weighted by Gasteiger charge is -2.12. The summed E-state index contributed by atoms with van der Waals surface area (Å²) in [5.74, 6) is -1.14. The summed E-state index contributed by atoms with van der Waals surface area (Å²) in [7, 11) is 0. The Morgan fingerprint density at radius 2 is 2.33 bits per heavy atom. The van der Waals surface area contributed by atoms with E-state index in [1.807, 2.05) is 0 Å². The van der Waals surface area contributed by atoms with E-state index < -0.39 is 16.6 Å². The molecule has 24 heavy (non-hydrogen) atoms. The van der Waals surface area contributed by atoms with Gasteiger partial charge in [-0.3, -0.25) is 14.9 Å². The van der Waals surface area contributed by atoms with Crippen molar-refractivity contribution in [1.29, 1.82) is 0 Å². The number of anilines is 2. The number of carbonyl (C=O) groups excluding carboxylic acids is 1. The second-order valence-electron chi connectivity index (χ2n) is 4.95. The molecule has 1 aromatic heterocycles. The molecule has 0 bridgehead atoms. The molecule has 0 saturated carbocycles. The molecule has 2 rings (SSSR count). The number of aromatic nitrogens is 2. The zero-order valence-corrected chi connectivity index (χ0v) is 13.2. The maximum atomic E-state index is 11.4. The highest BCUT2D eigenvalue weighted by atomic mass is 16.6. The summed E-state index contributed by atoms with van der Waals surface area (Å²) >= 11 is 0. The van der Waals surface area contributed by atoms with Gasteiger partial charge in [0.25, 0.3) is 0 Å². The van der Waals surface area contributed by atoms with Gasteiger partial charge >= 0.3 is 17.7 Å². The van der Waals surface area contributed by atoms with Gasteiger partial charge in [0, 0.05) is 6.61 Å². The van der Waals surface area contributed by atoms with Crippen LogP contribution < -0.4 is 15.8 Å². The third-order valence-corrected chi connectivity index (χ3v) is 3.20. The largest absolute Gasteiger partial charge is 0.465 e. The van der Waals surface area contributed by atoms with Crippen LogP contribution >= 0.6 is 0 Å². The molecule has 1 atom stereocenters. The van der Waals surface area contributed by atoms with Gasteiger partial charge in [-0.1, -0.05) is 0 Å². The molecule has 0 amide bonds. The number of nitrogens with two attached hydrogens (primary N) is 1. The van der Waals surface area contributed by atoms with E-state index in [1.165, 1.54) is 0 Å². The normalized spacial score (nSPS) is 16.6. The van der Waals surface area contributed by atoms with Gasteiger partial charge in [0.2, 0.25) is 11.6 Å². The minimum absolute atomic E-state index is 0.0686. The first-order valence-electron chi connectivity index (χ1n) is 7.47. The lowest BCUT2D eigenvalue weighted by Crippen LogP contribution is -2.20. The van der Waals surface area contributed by atoms with Gasteiger partial charge in [0.15, 0.2) is 0 Å². The van der Waals surface area contributed by atoms with E-state index in [1.54, 1.807) is 6.92 Å². The fourth-order valence-corrected chi connectivity index (χ4v) is 2.13. The summed E-state index contributed by atoms with van der Waals surface area (Å²) in [6, 6.07) is -0.125. The van der Waals surface area contributed by atoms with E-state index in [2.05, 4.69) is 15.3 Å². The molecule has 11 heteroatoms. The number of nitro groups is 1. The Morgan fingerprint density at radius 3 is 2.96 bits per heavy atom. The van der Waals surface area contributed by atoms with Crippen LogP contribution in [0.25, 0.3) is 0 Å². The first-order chi connectivity index (χ1) is 11.5. The van der Waals surface area contributed by atoms with Crippen LogP contribution in [0.3, 0.4) is 0 Å². The molecular weight excluding hydrogens is 322 g/mol. The molecule has 3 N–H and O–H groups in total. The number of nitrogen functional groups attached to an aromatic ring is 1. The van der Waals surface area contributed by atoms with Crippen LogP contribution in [-0.2, 0) is 14.3 Å². The number of ether oxygens (including phenoxy) is 3. The van der Waals surface area contributed by atoms with Crippen LogP contribution in [0.5, 0.6) is 6.01 Å². The highest BCUT2D eigenvalue weighted by Crippen LogP contribution is 2.29. The summed E-state index contributed by atoms with van der Waals surface area (Å²) in [4.78, 5) is 29.5. The Labute approximate surface area is 137 Å². The molecule has 1 fully saturated rings. The molecule has 1 aromatic rings. The predicted octanol–water partition coefficient (Wildman–Crippen LogP) is 0.500. The fourth-order valence-electron chi connectivity index (χ4n) is 2.13. The van der Waals surface area contributed by atoms with Crippen molar-refractivity contribution in [2.45, 2.75) is 25.9 Å². The fraction of sp³-hybridized carbons (Fsp3) is 0.615. The standard InChI is InChI=1S/C13H19N5O6/c1-2-22-9(19)6-15-12-10(18(20)21)11(14)16-13(17-12)24-7-8-4-3-5-23-8/h8H,2-7H2,1H3,(H3,14,15,16,17). The Kier molecular flexibility index (Phi) is 6.07. The minimum Gasteiger partial charge on any atom is -0.465 e. The maximum Gasteiger partial charge on any atom is 0.353 e. The number of rotatable bonds is 8. The SMILES string of the molecule is CCOC(=O)CNc1nc(OCC2CCCO2)nc(N)c1[N+](=O)[O-]. The average molecular weight is 341 g/mol. The minimum atomic E-state index is -0.729. The van der Waals surface area contributed by atoms with Gasteiger partial charge in [-0.05, 0) is 19.8 Å². The van der Waals surface area contributed by atoms with Crippen molar-refractivity contribution in [2.24, 2.45) is 0 Å². The van der Waals surface area contributed by atoms with E-state index in [9.17, 15) is 14.9 Å². The lowest BCUT2D eigenvalue weighted by atomic mass is 10.2. The Balaban J connectivity index is 2.11. The van der Waals surface area contributed by atoms with Crippen molar-refractivity contribution in [1.82, 2.24) is 9.97 Å². The number of nitrogens with zero attached hydrogens (tertiary/aromatic N) is 3. The van der Waals surface area contributed by atoms with E-state index in [0.29, 0.717) is 6.61 Å². The van der Waals surface area contributed by atoms with Crippen molar-refractivity contribution in [2.75, 3.05) is 37.4 Å². The molecule has 0 aliphatic carbocycles. The van der Waals surface area contributed by atoms with E-state index in [-0.39, 0.29) is 43.5 Å². The second-order valence-corrected chi connectivity index (χ2v) is 4.95.